The number of anilines is 1. The number of hydrogen-bond acceptors (Lipinski definition) is 4. The van der Waals surface area contributed by atoms with Crippen molar-refractivity contribution >= 4 is 46.7 Å². The van der Waals surface area contributed by atoms with Crippen molar-refractivity contribution in [2.24, 2.45) is 0 Å². The predicted octanol–water partition coefficient (Wildman–Crippen LogP) is 5.53. The Morgan fingerprint density at radius 1 is 0.929 bits per heavy atom. The van der Waals surface area contributed by atoms with Gasteiger partial charge in [-0.2, -0.15) is 0 Å². The summed E-state index contributed by atoms with van der Waals surface area (Å²) in [7, 11) is 0. The van der Waals surface area contributed by atoms with Gasteiger partial charge in [0.05, 0.1) is 39.0 Å². The van der Waals surface area contributed by atoms with Crippen molar-refractivity contribution in [3.05, 3.63) is 63.1 Å². The van der Waals surface area contributed by atoms with E-state index in [1.807, 2.05) is 0 Å². The van der Waals surface area contributed by atoms with Gasteiger partial charge in [-0.3, -0.25) is 9.59 Å². The molecule has 2 amide bonds. The second-order valence-electron chi connectivity index (χ2n) is 6.50. The Kier molecular flexibility index (Phi) is 6.37. The Balaban J connectivity index is 1.78. The molecule has 146 valence electrons. The zero-order chi connectivity index (χ0) is 20.3. The number of halogens is 2. The van der Waals surface area contributed by atoms with Crippen molar-refractivity contribution < 1.29 is 19.1 Å². The number of unbranched alkanes of at least 4 members (excludes halogenated alkanes) is 3. The highest BCUT2D eigenvalue weighted by Gasteiger charge is 2.37. The van der Waals surface area contributed by atoms with Gasteiger partial charge in [0.15, 0.2) is 0 Å². The minimum absolute atomic E-state index is 0.163. The van der Waals surface area contributed by atoms with E-state index in [2.05, 4.69) is 6.92 Å². The molecule has 28 heavy (non-hydrogen) atoms. The molecule has 1 aliphatic rings. The topological polar surface area (TPSA) is 63.7 Å². The number of ether oxygens (including phenoxy) is 1. The molecule has 0 spiro atoms. The summed E-state index contributed by atoms with van der Waals surface area (Å²) >= 11 is 11.9. The van der Waals surface area contributed by atoms with Crippen molar-refractivity contribution in [1.82, 2.24) is 0 Å². The van der Waals surface area contributed by atoms with Crippen molar-refractivity contribution in [3.63, 3.8) is 0 Å². The van der Waals surface area contributed by atoms with Crippen LogP contribution in [0.5, 0.6) is 0 Å². The lowest BCUT2D eigenvalue weighted by molar-refractivity contribution is 0.0497. The molecule has 0 unspecified atom stereocenters. The predicted molar refractivity (Wildman–Crippen MR) is 108 cm³/mol. The van der Waals surface area contributed by atoms with Crippen LogP contribution < -0.4 is 4.90 Å². The van der Waals surface area contributed by atoms with Crippen molar-refractivity contribution in [3.8, 4) is 0 Å². The van der Waals surface area contributed by atoms with Crippen LogP contribution in [0.3, 0.4) is 0 Å². The summed E-state index contributed by atoms with van der Waals surface area (Å²) in [4.78, 5) is 38.7. The number of esters is 1. The average molecular weight is 420 g/mol. The van der Waals surface area contributed by atoms with E-state index >= 15 is 0 Å². The maximum Gasteiger partial charge on any atom is 0.338 e. The summed E-state index contributed by atoms with van der Waals surface area (Å²) in [5, 5.41) is 0.564. The van der Waals surface area contributed by atoms with E-state index in [4.69, 9.17) is 27.9 Å². The van der Waals surface area contributed by atoms with E-state index in [-0.39, 0.29) is 21.7 Å². The van der Waals surface area contributed by atoms with E-state index in [1.54, 1.807) is 6.07 Å². The quantitative estimate of drug-likeness (QED) is 0.336. The minimum atomic E-state index is -0.518. The van der Waals surface area contributed by atoms with E-state index in [0.29, 0.717) is 17.3 Å². The number of imide groups is 1. The highest BCUT2D eigenvalue weighted by atomic mass is 35.5. The van der Waals surface area contributed by atoms with Gasteiger partial charge in [0.1, 0.15) is 0 Å². The van der Waals surface area contributed by atoms with Crippen LogP contribution in [0.1, 0.15) is 63.7 Å². The molecule has 1 heterocycles. The Morgan fingerprint density at radius 2 is 1.68 bits per heavy atom. The first-order valence-electron chi connectivity index (χ1n) is 9.09. The molecule has 0 N–H and O–H groups in total. The Morgan fingerprint density at radius 3 is 2.39 bits per heavy atom. The molecule has 3 rings (SSSR count). The fourth-order valence-corrected chi connectivity index (χ4v) is 3.30. The number of benzene rings is 2. The lowest BCUT2D eigenvalue weighted by atomic mass is 10.1. The van der Waals surface area contributed by atoms with Crippen LogP contribution >= 0.6 is 23.2 Å². The fourth-order valence-electron chi connectivity index (χ4n) is 3.00. The molecule has 2 aromatic carbocycles. The maximum absolute atomic E-state index is 12.8. The van der Waals surface area contributed by atoms with Gasteiger partial charge in [0.25, 0.3) is 11.8 Å². The van der Waals surface area contributed by atoms with Crippen LogP contribution in [0, 0.1) is 0 Å². The Bertz CT molecular complexity index is 942. The first kappa shape index (κ1) is 20.4. The zero-order valence-electron chi connectivity index (χ0n) is 15.3. The molecule has 0 radical (unpaired) electrons. The molecule has 5 nitrogen and oxygen atoms in total. The molecule has 0 saturated carbocycles. The first-order valence-corrected chi connectivity index (χ1v) is 9.84. The van der Waals surface area contributed by atoms with Crippen LogP contribution in [0.25, 0.3) is 0 Å². The summed E-state index contributed by atoms with van der Waals surface area (Å²) in [5.74, 6) is -1.50. The second kappa shape index (κ2) is 8.76. The monoisotopic (exact) mass is 419 g/mol. The van der Waals surface area contributed by atoms with E-state index in [1.165, 1.54) is 30.3 Å². The van der Waals surface area contributed by atoms with E-state index < -0.39 is 17.8 Å². The summed E-state index contributed by atoms with van der Waals surface area (Å²) in [6.45, 7) is 2.44. The van der Waals surface area contributed by atoms with Gasteiger partial charge in [-0.05, 0) is 42.8 Å². The number of carbonyl (C=O) groups is 3. The van der Waals surface area contributed by atoms with E-state index in [9.17, 15) is 14.4 Å². The van der Waals surface area contributed by atoms with Crippen molar-refractivity contribution in [1.29, 1.82) is 0 Å². The number of hydrogen-bond donors (Lipinski definition) is 0. The van der Waals surface area contributed by atoms with Gasteiger partial charge in [-0.1, -0.05) is 49.4 Å². The highest BCUT2D eigenvalue weighted by molar-refractivity contribution is 6.42. The molecule has 0 bridgehead atoms. The number of amides is 2. The highest BCUT2D eigenvalue weighted by Crippen LogP contribution is 2.33. The van der Waals surface area contributed by atoms with Gasteiger partial charge < -0.3 is 4.74 Å². The number of carbonyl (C=O) groups excluding carboxylic acids is 3. The van der Waals surface area contributed by atoms with Gasteiger partial charge >= 0.3 is 5.97 Å². The lowest BCUT2D eigenvalue weighted by Gasteiger charge is -2.14. The third-order valence-corrected chi connectivity index (χ3v) is 5.25. The lowest BCUT2D eigenvalue weighted by Crippen LogP contribution is -2.29. The van der Waals surface area contributed by atoms with Crippen LogP contribution in [-0.2, 0) is 4.74 Å². The summed E-state index contributed by atoms with van der Waals surface area (Å²) in [5.41, 5.74) is 0.958. The first-order chi connectivity index (χ1) is 13.4. The SMILES string of the molecule is CCCCCCOC(=O)c1ccc2c(c1)C(=O)N(c1ccc(Cl)c(Cl)c1)C2=O. The summed E-state index contributed by atoms with van der Waals surface area (Å²) in [6, 6.07) is 8.89. The molecule has 2 aromatic rings. The molecular weight excluding hydrogens is 401 g/mol. The summed E-state index contributed by atoms with van der Waals surface area (Å²) < 4.78 is 5.26. The van der Waals surface area contributed by atoms with Gasteiger partial charge in [-0.15, -0.1) is 0 Å². The van der Waals surface area contributed by atoms with Crippen molar-refractivity contribution in [2.45, 2.75) is 32.6 Å². The van der Waals surface area contributed by atoms with Crippen molar-refractivity contribution in [2.75, 3.05) is 11.5 Å². The van der Waals surface area contributed by atoms with Gasteiger partial charge in [0, 0.05) is 0 Å². The minimum Gasteiger partial charge on any atom is -0.462 e. The van der Waals surface area contributed by atoms with Gasteiger partial charge in [0.2, 0.25) is 0 Å². The molecule has 1 aliphatic heterocycles. The Labute approximate surface area is 173 Å². The molecule has 0 aromatic heterocycles. The van der Waals surface area contributed by atoms with Gasteiger partial charge in [-0.25, -0.2) is 9.69 Å². The molecule has 0 atom stereocenters. The molecule has 0 saturated heterocycles. The smallest absolute Gasteiger partial charge is 0.338 e. The largest absolute Gasteiger partial charge is 0.462 e. The third-order valence-electron chi connectivity index (χ3n) is 4.51. The maximum atomic E-state index is 12.8. The van der Waals surface area contributed by atoms with Crippen LogP contribution in [0.15, 0.2) is 36.4 Å². The molecular formula is C21H19Cl2NO4. The second-order valence-corrected chi connectivity index (χ2v) is 7.32. The average Bonchev–Trinajstić information content (AvgIpc) is 2.94. The van der Waals surface area contributed by atoms with E-state index in [0.717, 1.165) is 30.6 Å². The number of nitrogens with zero attached hydrogens (tertiary/aromatic N) is 1. The Hall–Kier alpha value is -2.37. The number of rotatable bonds is 7. The number of fused-ring (bicyclic) bond motifs is 1. The molecule has 7 heteroatoms. The third kappa shape index (κ3) is 4.05. The normalized spacial score (nSPS) is 13.0. The summed E-state index contributed by atoms with van der Waals surface area (Å²) in [6.07, 6.45) is 3.99. The molecule has 0 fully saturated rings. The van der Waals surface area contributed by atoms with Crippen LogP contribution in [0.2, 0.25) is 10.0 Å². The fraction of sp³-hybridized carbons (Fsp3) is 0.286. The zero-order valence-corrected chi connectivity index (χ0v) is 16.8. The molecule has 0 aliphatic carbocycles. The van der Waals surface area contributed by atoms with Crippen LogP contribution in [-0.4, -0.2) is 24.4 Å². The standard InChI is InChI=1S/C21H19Cl2NO4/c1-2-3-4-5-10-28-21(27)13-6-8-15-16(11-13)20(26)24(19(15)25)14-7-9-17(22)18(23)12-14/h6-9,11-12H,2-5,10H2,1H3. The van der Waals surface area contributed by atoms with Crippen LogP contribution in [0.4, 0.5) is 5.69 Å².